The van der Waals surface area contributed by atoms with Gasteiger partial charge in [-0.25, -0.2) is 0 Å². The molecule has 0 bridgehead atoms. The van der Waals surface area contributed by atoms with Crippen LogP contribution >= 0.6 is 0 Å². The highest BCUT2D eigenvalue weighted by atomic mass is 28.3. The maximum absolute atomic E-state index is 8.59. The molecule has 14 heavy (non-hydrogen) atoms. The van der Waals surface area contributed by atoms with Crippen LogP contribution in [0, 0.1) is 12.3 Å². The summed E-state index contributed by atoms with van der Waals surface area (Å²) in [6.07, 6.45) is 7.43. The molecular weight excluding hydrogens is 192 g/mol. The maximum atomic E-state index is 8.59. The first kappa shape index (κ1) is 13.4. The van der Waals surface area contributed by atoms with Crippen LogP contribution in [0.5, 0.6) is 0 Å². The van der Waals surface area contributed by atoms with E-state index in [-0.39, 0.29) is 0 Å². The van der Waals surface area contributed by atoms with Crippen LogP contribution in [0.4, 0.5) is 0 Å². The first-order valence-corrected chi connectivity index (χ1v) is 6.89. The van der Waals surface area contributed by atoms with Gasteiger partial charge in [-0.2, -0.15) is 0 Å². The number of aliphatic hydroxyl groups is 1. The van der Waals surface area contributed by atoms with E-state index >= 15 is 0 Å². The Bertz CT molecular complexity index is 194. The van der Waals surface area contributed by atoms with Crippen LogP contribution in [0.15, 0.2) is 12.3 Å². The van der Waals surface area contributed by atoms with E-state index < -0.39 is 14.6 Å². The monoisotopic (exact) mass is 212 g/mol. The first-order chi connectivity index (χ1) is 6.49. The molecule has 2 nitrogen and oxygen atoms in total. The Morgan fingerprint density at radius 2 is 2.14 bits per heavy atom. The van der Waals surface area contributed by atoms with Crippen LogP contribution in [0.2, 0.25) is 6.04 Å². The van der Waals surface area contributed by atoms with E-state index in [2.05, 4.69) is 12.5 Å². The van der Waals surface area contributed by atoms with Crippen molar-refractivity contribution >= 4 is 9.04 Å². The Hall–Kier alpha value is -0.563. The summed E-state index contributed by atoms with van der Waals surface area (Å²) < 4.78 is 5.45. The summed E-state index contributed by atoms with van der Waals surface area (Å²) in [5.41, 5.74) is 1.10. The zero-order chi connectivity index (χ0) is 11.0. The molecule has 0 aliphatic carbocycles. The molecule has 1 aliphatic heterocycles. The number of hydrogen-bond acceptors (Lipinski definition) is 2. The summed E-state index contributed by atoms with van der Waals surface area (Å²) >= 11 is 0. The molecule has 1 saturated heterocycles. The Labute approximate surface area is 88.7 Å². The van der Waals surface area contributed by atoms with Gasteiger partial charge >= 0.3 is 0 Å². The van der Waals surface area contributed by atoms with Crippen molar-refractivity contribution in [3.63, 3.8) is 0 Å². The fourth-order valence-electron chi connectivity index (χ4n) is 0.952. The van der Waals surface area contributed by atoms with Gasteiger partial charge in [0.15, 0.2) is 0 Å². The minimum atomic E-state index is -0.931. The van der Waals surface area contributed by atoms with Gasteiger partial charge in [-0.1, -0.05) is 18.0 Å². The fraction of sp³-hybridized carbons (Fsp3) is 0.636. The third-order valence-corrected chi connectivity index (χ3v) is 4.00. The van der Waals surface area contributed by atoms with E-state index in [9.17, 15) is 0 Å². The zero-order valence-corrected chi connectivity index (χ0v) is 10.3. The molecule has 1 fully saturated rings. The summed E-state index contributed by atoms with van der Waals surface area (Å²) in [6.45, 7) is 7.84. The van der Waals surface area contributed by atoms with Gasteiger partial charge in [0.2, 0.25) is 9.04 Å². The van der Waals surface area contributed by atoms with Gasteiger partial charge in [0.05, 0.1) is 0 Å². The summed E-state index contributed by atoms with van der Waals surface area (Å²) in [6, 6.07) is 1.31. The van der Waals surface area contributed by atoms with Crippen molar-refractivity contribution in [2.24, 2.45) is 0 Å². The molecule has 0 saturated carbocycles. The third kappa shape index (κ3) is 8.05. The van der Waals surface area contributed by atoms with Crippen molar-refractivity contribution in [2.75, 3.05) is 6.61 Å². The molecule has 80 valence electrons. The topological polar surface area (TPSA) is 29.5 Å². The molecule has 1 rings (SSSR count). The molecule has 1 heterocycles. The summed E-state index contributed by atoms with van der Waals surface area (Å²) in [7, 11) is -0.841. The van der Waals surface area contributed by atoms with Crippen molar-refractivity contribution in [1.82, 2.24) is 0 Å². The molecule has 0 spiro atoms. The van der Waals surface area contributed by atoms with E-state index in [0.717, 1.165) is 6.61 Å². The van der Waals surface area contributed by atoms with Crippen molar-refractivity contribution in [2.45, 2.75) is 38.3 Å². The van der Waals surface area contributed by atoms with Crippen LogP contribution < -0.4 is 0 Å². The molecule has 0 aromatic heterocycles. The lowest BCUT2D eigenvalue weighted by molar-refractivity contribution is 0.144. The number of rotatable bonds is 1. The Morgan fingerprint density at radius 3 is 2.36 bits per heavy atom. The highest BCUT2D eigenvalue weighted by Crippen LogP contribution is 2.10. The maximum Gasteiger partial charge on any atom is 0.200 e. The summed E-state index contributed by atoms with van der Waals surface area (Å²) in [5, 5.41) is 8.59. The van der Waals surface area contributed by atoms with Crippen LogP contribution in [-0.2, 0) is 4.43 Å². The standard InChI is InChI=1S/C6H12OSi.C5H8O/c1-2-8-6-4-3-5-7-8;1-4-5(2,3)6/h2,8H,1,3-6H2;1,6H,2-3H3. The van der Waals surface area contributed by atoms with Crippen LogP contribution in [0.3, 0.4) is 0 Å². The quantitative estimate of drug-likeness (QED) is 0.529. The average Bonchev–Trinajstić information content (AvgIpc) is 2.19. The lowest BCUT2D eigenvalue weighted by atomic mass is 10.2. The van der Waals surface area contributed by atoms with E-state index in [4.69, 9.17) is 16.0 Å². The van der Waals surface area contributed by atoms with Gasteiger partial charge in [0.1, 0.15) is 5.60 Å². The molecular formula is C11H20O2Si. The largest absolute Gasteiger partial charge is 0.416 e. The second-order valence-electron chi connectivity index (χ2n) is 3.84. The van der Waals surface area contributed by atoms with Gasteiger partial charge in [-0.3, -0.25) is 0 Å². The van der Waals surface area contributed by atoms with Crippen LogP contribution in [0.1, 0.15) is 26.7 Å². The fourth-order valence-corrected chi connectivity index (χ4v) is 2.65. The molecule has 0 radical (unpaired) electrons. The smallest absolute Gasteiger partial charge is 0.200 e. The second-order valence-corrected chi connectivity index (χ2v) is 6.30. The molecule has 1 N–H and O–H groups in total. The molecule has 0 amide bonds. The SMILES string of the molecule is C#CC(C)(C)O.C=C[SiH]1CCCCO1. The third-order valence-electron chi connectivity index (χ3n) is 1.83. The van der Waals surface area contributed by atoms with Gasteiger partial charge in [0.25, 0.3) is 0 Å². The predicted molar refractivity (Wildman–Crippen MR) is 62.5 cm³/mol. The molecule has 0 aromatic carbocycles. The minimum absolute atomic E-state index is 0.841. The van der Waals surface area contributed by atoms with Crippen molar-refractivity contribution < 1.29 is 9.53 Å². The van der Waals surface area contributed by atoms with Crippen molar-refractivity contribution in [3.8, 4) is 12.3 Å². The molecule has 1 unspecified atom stereocenters. The van der Waals surface area contributed by atoms with Gasteiger partial charge in [-0.15, -0.1) is 13.0 Å². The number of terminal acetylenes is 1. The lowest BCUT2D eigenvalue weighted by Crippen LogP contribution is -2.20. The Morgan fingerprint density at radius 1 is 1.57 bits per heavy atom. The highest BCUT2D eigenvalue weighted by Gasteiger charge is 2.10. The van der Waals surface area contributed by atoms with E-state index in [0.29, 0.717) is 0 Å². The molecule has 0 aromatic rings. The van der Waals surface area contributed by atoms with Crippen LogP contribution in [0.25, 0.3) is 0 Å². The van der Waals surface area contributed by atoms with E-state index in [1.807, 2.05) is 5.70 Å². The molecule has 1 aliphatic rings. The number of hydrogen-bond donors (Lipinski definition) is 1. The Kier molecular flexibility index (Phi) is 6.55. The van der Waals surface area contributed by atoms with E-state index in [1.54, 1.807) is 13.8 Å². The summed E-state index contributed by atoms with van der Waals surface area (Å²) in [4.78, 5) is 0. The first-order valence-electron chi connectivity index (χ1n) is 4.94. The predicted octanol–water partition coefficient (Wildman–Crippen LogP) is 1.64. The van der Waals surface area contributed by atoms with Gasteiger partial charge in [0, 0.05) is 6.61 Å². The van der Waals surface area contributed by atoms with Gasteiger partial charge < -0.3 is 9.53 Å². The van der Waals surface area contributed by atoms with Gasteiger partial charge in [-0.05, 0) is 26.3 Å². The lowest BCUT2D eigenvalue weighted by Gasteiger charge is -2.16. The van der Waals surface area contributed by atoms with Crippen LogP contribution in [-0.4, -0.2) is 26.4 Å². The highest BCUT2D eigenvalue weighted by molar-refractivity contribution is 6.57. The van der Waals surface area contributed by atoms with E-state index in [1.165, 1.54) is 18.9 Å². The summed E-state index contributed by atoms with van der Waals surface area (Å²) in [5.74, 6) is 2.16. The van der Waals surface area contributed by atoms with Crippen molar-refractivity contribution in [1.29, 1.82) is 0 Å². The minimum Gasteiger partial charge on any atom is -0.416 e. The molecule has 3 heteroatoms. The Balaban J connectivity index is 0.000000255. The second kappa shape index (κ2) is 6.83. The normalized spacial score (nSPS) is 21.4. The zero-order valence-electron chi connectivity index (χ0n) is 9.12. The average molecular weight is 212 g/mol. The molecule has 1 atom stereocenters. The van der Waals surface area contributed by atoms with Crippen molar-refractivity contribution in [3.05, 3.63) is 12.3 Å².